The molecule has 12 heteroatoms. The van der Waals surface area contributed by atoms with Crippen LogP contribution in [0.5, 0.6) is 0 Å². The Morgan fingerprint density at radius 1 is 1.17 bits per heavy atom. The molecule has 0 aromatic heterocycles. The summed E-state index contributed by atoms with van der Waals surface area (Å²) in [5, 5.41) is 51.4. The largest absolute Gasteiger partial charge is 0.477 e. The molecule has 0 aliphatic carbocycles. The van der Waals surface area contributed by atoms with E-state index in [4.69, 9.17) is 15.3 Å². The van der Waals surface area contributed by atoms with Gasteiger partial charge in [0.2, 0.25) is 0 Å². The van der Waals surface area contributed by atoms with E-state index in [0.717, 1.165) is 0 Å². The minimum absolute atomic E-state index is 0.0925. The molecule has 1 heterocycles. The average Bonchev–Trinajstić information content (AvgIpc) is 2.69. The van der Waals surface area contributed by atoms with Crippen molar-refractivity contribution in [3.05, 3.63) is 35.9 Å². The Bertz CT molecular complexity index is 712. The second-order valence-corrected chi connectivity index (χ2v) is 6.54. The quantitative estimate of drug-likeness (QED) is 0.278. The second kappa shape index (κ2) is 9.41. The average molecular weight is 420 g/mol. The van der Waals surface area contributed by atoms with E-state index < -0.39 is 61.1 Å². The molecule has 1 aromatic carbocycles. The highest BCUT2D eigenvalue weighted by Crippen LogP contribution is 2.36. The normalized spacial score (nSPS) is 31.6. The Hall–Kier alpha value is -2.38. The van der Waals surface area contributed by atoms with Crippen LogP contribution in [0.15, 0.2) is 30.3 Å². The van der Waals surface area contributed by atoms with Crippen LogP contribution in [0.25, 0.3) is 0 Å². The molecule has 7 atom stereocenters. The van der Waals surface area contributed by atoms with Crippen LogP contribution in [-0.4, -0.2) is 86.6 Å². The van der Waals surface area contributed by atoms with Gasteiger partial charge in [0.1, 0.15) is 18.3 Å². The molecule has 1 aliphatic heterocycles. The molecule has 1 aromatic rings. The number of carboxylic acid groups (broad SMARTS) is 2. The Morgan fingerprint density at radius 3 is 2.31 bits per heavy atom. The van der Waals surface area contributed by atoms with Gasteiger partial charge in [0.25, 0.3) is 0 Å². The third-order valence-corrected chi connectivity index (χ3v) is 4.60. The number of rotatable bonds is 8. The molecule has 0 radical (unpaired) electrons. The van der Waals surface area contributed by atoms with Crippen LogP contribution in [0.3, 0.4) is 0 Å². The summed E-state index contributed by atoms with van der Waals surface area (Å²) in [6, 6.07) is 4.83. The number of carboxylic acids is 1. The Kier molecular flexibility index (Phi) is 7.43. The molecule has 1 amide bonds. The van der Waals surface area contributed by atoms with Gasteiger partial charge < -0.3 is 40.9 Å². The Morgan fingerprint density at radius 2 is 1.79 bits per heavy atom. The van der Waals surface area contributed by atoms with Crippen LogP contribution in [-0.2, 0) is 16.1 Å². The van der Waals surface area contributed by atoms with E-state index in [1.807, 2.05) is 5.32 Å². The van der Waals surface area contributed by atoms with Crippen LogP contribution in [0.4, 0.5) is 13.6 Å². The van der Waals surface area contributed by atoms with Crippen molar-refractivity contribution in [1.29, 1.82) is 0 Å². The third kappa shape index (κ3) is 4.97. The molecule has 10 nitrogen and oxygen atoms in total. The van der Waals surface area contributed by atoms with E-state index in [9.17, 15) is 28.6 Å². The fraction of sp³-hybridized carbons (Fsp3) is 0.529. The minimum atomic E-state index is -3.94. The fourth-order valence-electron chi connectivity index (χ4n) is 3.11. The van der Waals surface area contributed by atoms with E-state index in [-0.39, 0.29) is 6.54 Å². The van der Waals surface area contributed by atoms with Crippen molar-refractivity contribution in [1.82, 2.24) is 10.6 Å². The number of halogens is 2. The molecule has 1 aliphatic rings. The molecule has 0 saturated carbocycles. The van der Waals surface area contributed by atoms with Crippen molar-refractivity contribution in [3.8, 4) is 0 Å². The number of nitrogens with one attached hydrogen (secondary N) is 2. The van der Waals surface area contributed by atoms with E-state index in [1.165, 1.54) is 0 Å². The lowest BCUT2D eigenvalue weighted by Gasteiger charge is -2.47. The summed E-state index contributed by atoms with van der Waals surface area (Å²) in [6.45, 7) is -1.11. The zero-order valence-corrected chi connectivity index (χ0v) is 15.0. The molecule has 1 fully saturated rings. The molecule has 1 saturated heterocycles. The third-order valence-electron chi connectivity index (χ3n) is 4.60. The summed E-state index contributed by atoms with van der Waals surface area (Å²) in [5.74, 6) is -6.27. The highest BCUT2D eigenvalue weighted by atomic mass is 19.2. The lowest BCUT2D eigenvalue weighted by Crippen LogP contribution is -2.74. The van der Waals surface area contributed by atoms with Gasteiger partial charge in [-0.2, -0.15) is 4.39 Å². The minimum Gasteiger partial charge on any atom is -0.477 e. The summed E-state index contributed by atoms with van der Waals surface area (Å²) >= 11 is 0. The molecule has 0 bridgehead atoms. The Balaban J connectivity index is 2.41. The van der Waals surface area contributed by atoms with Crippen LogP contribution in [0.1, 0.15) is 5.56 Å². The monoisotopic (exact) mass is 420 g/mol. The number of ether oxygens (including phenoxy) is 1. The lowest BCUT2D eigenvalue weighted by atomic mass is 9.86. The van der Waals surface area contributed by atoms with E-state index in [2.05, 4.69) is 10.1 Å². The first-order chi connectivity index (χ1) is 13.6. The highest BCUT2D eigenvalue weighted by Gasteiger charge is 2.63. The van der Waals surface area contributed by atoms with Gasteiger partial charge in [-0.25, -0.2) is 14.0 Å². The van der Waals surface area contributed by atoms with E-state index >= 15 is 0 Å². The summed E-state index contributed by atoms with van der Waals surface area (Å²) in [7, 11) is 0. The van der Waals surface area contributed by atoms with Crippen molar-refractivity contribution >= 4 is 12.1 Å². The summed E-state index contributed by atoms with van der Waals surface area (Å²) in [5.41, 5.74) is 0.604. The zero-order chi connectivity index (χ0) is 21.8. The first kappa shape index (κ1) is 22.9. The maximum absolute atomic E-state index is 14.9. The number of benzene rings is 1. The van der Waals surface area contributed by atoms with Gasteiger partial charge in [-0.1, -0.05) is 30.3 Å². The molecule has 2 rings (SSSR count). The molecule has 0 spiro atoms. The van der Waals surface area contributed by atoms with Gasteiger partial charge in [0.15, 0.2) is 6.17 Å². The van der Waals surface area contributed by atoms with Gasteiger partial charge >= 0.3 is 17.9 Å². The van der Waals surface area contributed by atoms with Gasteiger partial charge in [0, 0.05) is 6.54 Å². The number of alkyl halides is 2. The predicted octanol–water partition coefficient (Wildman–Crippen LogP) is -1.02. The van der Waals surface area contributed by atoms with Crippen LogP contribution < -0.4 is 10.6 Å². The van der Waals surface area contributed by atoms with E-state index in [0.29, 0.717) is 5.56 Å². The summed E-state index contributed by atoms with van der Waals surface area (Å²) in [4.78, 5) is 22.5. The molecule has 7 N–H and O–H groups in total. The Labute approximate surface area is 163 Å². The van der Waals surface area contributed by atoms with Crippen molar-refractivity contribution in [2.24, 2.45) is 0 Å². The molecule has 3 unspecified atom stereocenters. The van der Waals surface area contributed by atoms with Gasteiger partial charge in [-0.05, 0) is 5.56 Å². The van der Waals surface area contributed by atoms with Crippen molar-refractivity contribution in [2.75, 3.05) is 6.61 Å². The van der Waals surface area contributed by atoms with E-state index in [1.54, 1.807) is 30.3 Å². The molecular weight excluding hydrogens is 398 g/mol. The topological polar surface area (TPSA) is 169 Å². The number of carbonyl (C=O) groups is 2. The number of aliphatic carboxylic acids is 1. The van der Waals surface area contributed by atoms with Crippen molar-refractivity contribution in [2.45, 2.75) is 49.0 Å². The maximum atomic E-state index is 14.9. The standard InChI is InChI=1S/C17H22F2N2O8/c18-14-11(20-6-8-4-2-1-3-5-8)10(21-16(27)28)13(12(24)9(23)7-22)29-17(14,19)15(25)26/h1-5,9-14,20-24H,6-7H2,(H,25,26)(H,27,28)/t9-,10-,11?,12-,13?,14?,17-/m1/s1. The molecule has 162 valence electrons. The van der Waals surface area contributed by atoms with Crippen LogP contribution >= 0.6 is 0 Å². The van der Waals surface area contributed by atoms with Crippen molar-refractivity contribution < 1.29 is 48.6 Å². The zero-order valence-electron chi connectivity index (χ0n) is 15.0. The van der Waals surface area contributed by atoms with Crippen molar-refractivity contribution in [3.63, 3.8) is 0 Å². The van der Waals surface area contributed by atoms with Gasteiger partial charge in [0.05, 0.1) is 18.7 Å². The molecular formula is C17H22F2N2O8. The van der Waals surface area contributed by atoms with Gasteiger partial charge in [-0.15, -0.1) is 0 Å². The number of hydrogen-bond donors (Lipinski definition) is 7. The van der Waals surface area contributed by atoms with Crippen LogP contribution in [0, 0.1) is 0 Å². The number of amides is 1. The number of aliphatic hydroxyl groups excluding tert-OH is 3. The second-order valence-electron chi connectivity index (χ2n) is 6.54. The first-order valence-corrected chi connectivity index (χ1v) is 8.59. The number of hydrogen-bond acceptors (Lipinski definition) is 7. The summed E-state index contributed by atoms with van der Waals surface area (Å²) < 4.78 is 34.4. The smallest absolute Gasteiger partial charge is 0.405 e. The highest BCUT2D eigenvalue weighted by molar-refractivity contribution is 5.77. The molecule has 29 heavy (non-hydrogen) atoms. The first-order valence-electron chi connectivity index (χ1n) is 8.59. The SMILES string of the molecule is O=C(O)N[C@@H]1C(NCc2ccccc2)C(F)[C@](F)(C(=O)O)OC1[C@H](O)[C@H](O)CO. The van der Waals surface area contributed by atoms with Gasteiger partial charge in [-0.3, -0.25) is 0 Å². The maximum Gasteiger partial charge on any atom is 0.405 e. The lowest BCUT2D eigenvalue weighted by molar-refractivity contribution is -0.278. The number of aliphatic hydroxyl groups is 3. The summed E-state index contributed by atoms with van der Waals surface area (Å²) in [6.07, 6.45) is -10.7. The van der Waals surface area contributed by atoms with Crippen LogP contribution in [0.2, 0.25) is 0 Å². The fourth-order valence-corrected chi connectivity index (χ4v) is 3.11. The predicted molar refractivity (Wildman–Crippen MR) is 92.4 cm³/mol.